The van der Waals surface area contributed by atoms with Crippen LogP contribution < -0.4 is 10.1 Å². The van der Waals surface area contributed by atoms with E-state index in [0.29, 0.717) is 26.0 Å². The number of halogens is 4. The molecule has 0 aliphatic rings. The number of carbonyl (C=O) groups is 1. The summed E-state index contributed by atoms with van der Waals surface area (Å²) < 4.78 is 20.1. The third-order valence-electron chi connectivity index (χ3n) is 3.23. The van der Waals surface area contributed by atoms with Crippen LogP contribution in [0.15, 0.2) is 30.6 Å². The largest absolute Gasteiger partial charge is 0.426 e. The van der Waals surface area contributed by atoms with Crippen LogP contribution in [-0.4, -0.2) is 15.9 Å². The van der Waals surface area contributed by atoms with E-state index in [-0.39, 0.29) is 15.7 Å². The highest BCUT2D eigenvalue weighted by molar-refractivity contribution is 14.1. The number of rotatable bonds is 3. The molecule has 0 aliphatic heterocycles. The summed E-state index contributed by atoms with van der Waals surface area (Å²) in [6, 6.07) is 6.32. The van der Waals surface area contributed by atoms with Gasteiger partial charge < -0.3 is 10.1 Å². The highest BCUT2D eigenvalue weighted by Gasteiger charge is 2.14. The van der Waals surface area contributed by atoms with Crippen LogP contribution in [0.4, 0.5) is 15.9 Å². The first kappa shape index (κ1) is 18.1. The average molecular weight is 492 g/mol. The number of hydrogen-bond donors (Lipinski definition) is 1. The highest BCUT2D eigenvalue weighted by atomic mass is 127. The lowest BCUT2D eigenvalue weighted by atomic mass is 10.2. The number of hydrogen-bond acceptors (Lipinski definition) is 5. The minimum Gasteiger partial charge on any atom is -0.426 e. The normalized spacial score (nSPS) is 10.8. The Morgan fingerprint density at radius 3 is 2.76 bits per heavy atom. The van der Waals surface area contributed by atoms with Gasteiger partial charge in [-0.3, -0.25) is 4.79 Å². The third kappa shape index (κ3) is 3.78. The van der Waals surface area contributed by atoms with Crippen LogP contribution in [0.5, 0.6) is 5.75 Å². The Kier molecular flexibility index (Phi) is 5.26. The van der Waals surface area contributed by atoms with Gasteiger partial charge in [0.1, 0.15) is 17.9 Å². The first-order valence-corrected chi connectivity index (χ1v) is 8.73. The lowest BCUT2D eigenvalue weighted by Gasteiger charge is -2.12. The molecule has 0 saturated heterocycles. The Bertz CT molecular complexity index is 1000. The number of nitrogens with zero attached hydrogens (tertiary/aromatic N) is 2. The van der Waals surface area contributed by atoms with Crippen molar-refractivity contribution in [3.8, 4) is 5.75 Å². The first-order chi connectivity index (χ1) is 11.9. The topological polar surface area (TPSA) is 64.1 Å². The zero-order valence-electron chi connectivity index (χ0n) is 12.6. The fourth-order valence-corrected chi connectivity index (χ4v) is 3.03. The predicted molar refractivity (Wildman–Crippen MR) is 103 cm³/mol. The van der Waals surface area contributed by atoms with Crippen LogP contribution in [0.3, 0.4) is 0 Å². The van der Waals surface area contributed by atoms with Gasteiger partial charge in [0.15, 0.2) is 5.82 Å². The molecule has 0 amide bonds. The number of carbonyl (C=O) groups excluding carboxylic acids is 1. The maximum Gasteiger partial charge on any atom is 0.308 e. The van der Waals surface area contributed by atoms with Gasteiger partial charge in [-0.25, -0.2) is 14.4 Å². The molecule has 0 bridgehead atoms. The van der Waals surface area contributed by atoms with Crippen molar-refractivity contribution in [2.45, 2.75) is 6.92 Å². The molecule has 25 heavy (non-hydrogen) atoms. The van der Waals surface area contributed by atoms with Gasteiger partial charge in [-0.05, 0) is 40.8 Å². The number of ether oxygens (including phenoxy) is 1. The van der Waals surface area contributed by atoms with E-state index in [2.05, 4.69) is 15.3 Å². The van der Waals surface area contributed by atoms with Crippen LogP contribution >= 0.6 is 45.8 Å². The molecule has 0 unspecified atom stereocenters. The van der Waals surface area contributed by atoms with Crippen molar-refractivity contribution >= 4 is 74.2 Å². The zero-order valence-corrected chi connectivity index (χ0v) is 16.3. The Balaban J connectivity index is 2.07. The van der Waals surface area contributed by atoms with Gasteiger partial charge in [0, 0.05) is 18.4 Å². The molecule has 2 aromatic carbocycles. The molecule has 0 radical (unpaired) electrons. The van der Waals surface area contributed by atoms with Gasteiger partial charge in [0.2, 0.25) is 0 Å². The molecule has 0 fully saturated rings. The van der Waals surface area contributed by atoms with Gasteiger partial charge in [0.25, 0.3) is 0 Å². The van der Waals surface area contributed by atoms with Crippen molar-refractivity contribution in [1.82, 2.24) is 9.97 Å². The molecule has 0 atom stereocenters. The Morgan fingerprint density at radius 1 is 1.28 bits per heavy atom. The van der Waals surface area contributed by atoms with E-state index < -0.39 is 11.8 Å². The molecule has 0 spiro atoms. The quantitative estimate of drug-likeness (QED) is 0.231. The van der Waals surface area contributed by atoms with E-state index >= 15 is 0 Å². The summed E-state index contributed by atoms with van der Waals surface area (Å²) >= 11 is 13.7. The van der Waals surface area contributed by atoms with E-state index in [0.717, 1.165) is 0 Å². The van der Waals surface area contributed by atoms with Crippen LogP contribution in [0.2, 0.25) is 10.0 Å². The Morgan fingerprint density at radius 2 is 2.04 bits per heavy atom. The monoisotopic (exact) mass is 491 g/mol. The second-order valence-corrected chi connectivity index (χ2v) is 6.91. The SMILES string of the molecule is CC(=O)Oc1cc2ncnc(Nc3ccc(Cl)c(Cl)c3F)c2cc1I. The van der Waals surface area contributed by atoms with Crippen molar-refractivity contribution in [3.05, 3.63) is 50.0 Å². The minimum absolute atomic E-state index is 0.123. The second-order valence-electron chi connectivity index (χ2n) is 4.96. The summed E-state index contributed by atoms with van der Waals surface area (Å²) in [6.45, 7) is 1.32. The van der Waals surface area contributed by atoms with Gasteiger partial charge in [-0.15, -0.1) is 0 Å². The smallest absolute Gasteiger partial charge is 0.308 e. The zero-order chi connectivity index (χ0) is 18.1. The molecule has 5 nitrogen and oxygen atoms in total. The van der Waals surface area contributed by atoms with E-state index in [4.69, 9.17) is 27.9 Å². The summed E-state index contributed by atoms with van der Waals surface area (Å²) in [7, 11) is 0. The molecular formula is C16H9Cl2FIN3O2. The maximum atomic E-state index is 14.3. The lowest BCUT2D eigenvalue weighted by Crippen LogP contribution is -2.04. The standard InChI is InChI=1S/C16H9Cl2FIN3O2/c1-7(24)25-13-5-12-8(4-10(13)20)16(22-6-21-12)23-11-3-2-9(17)14(18)15(11)19/h2-6H,1H3,(H,21,22,23). The molecule has 9 heteroatoms. The molecular weight excluding hydrogens is 483 g/mol. The molecule has 0 saturated carbocycles. The average Bonchev–Trinajstić information content (AvgIpc) is 2.56. The fourth-order valence-electron chi connectivity index (χ4n) is 2.14. The van der Waals surface area contributed by atoms with Gasteiger partial charge in [-0.2, -0.15) is 0 Å². The molecule has 128 valence electrons. The van der Waals surface area contributed by atoms with Crippen molar-refractivity contribution in [2.24, 2.45) is 0 Å². The number of nitrogens with one attached hydrogen (secondary N) is 1. The first-order valence-electron chi connectivity index (χ1n) is 6.90. The summed E-state index contributed by atoms with van der Waals surface area (Å²) in [5.74, 6) is -0.324. The van der Waals surface area contributed by atoms with Crippen molar-refractivity contribution < 1.29 is 13.9 Å². The lowest BCUT2D eigenvalue weighted by molar-refractivity contribution is -0.131. The summed E-state index contributed by atoms with van der Waals surface area (Å²) in [5, 5.41) is 3.48. The summed E-state index contributed by atoms with van der Waals surface area (Å²) in [5.41, 5.74) is 0.670. The number of anilines is 2. The molecule has 0 aliphatic carbocycles. The van der Waals surface area contributed by atoms with E-state index in [1.54, 1.807) is 12.1 Å². The predicted octanol–water partition coefficient (Wildman–Crippen LogP) is 5.35. The minimum atomic E-state index is -0.674. The highest BCUT2D eigenvalue weighted by Crippen LogP contribution is 2.34. The number of esters is 1. The maximum absolute atomic E-state index is 14.3. The van der Waals surface area contributed by atoms with Crippen LogP contribution in [0, 0.1) is 9.39 Å². The molecule has 1 aromatic heterocycles. The van der Waals surface area contributed by atoms with E-state index in [1.807, 2.05) is 22.6 Å². The van der Waals surface area contributed by atoms with Gasteiger partial charge in [-0.1, -0.05) is 23.2 Å². The number of aromatic nitrogens is 2. The van der Waals surface area contributed by atoms with Crippen molar-refractivity contribution in [2.75, 3.05) is 5.32 Å². The van der Waals surface area contributed by atoms with Gasteiger partial charge >= 0.3 is 5.97 Å². The number of benzene rings is 2. The molecule has 3 aromatic rings. The van der Waals surface area contributed by atoms with Crippen LogP contribution in [-0.2, 0) is 4.79 Å². The van der Waals surface area contributed by atoms with E-state index in [9.17, 15) is 9.18 Å². The van der Waals surface area contributed by atoms with Gasteiger partial charge in [0.05, 0.1) is 24.8 Å². The molecule has 1 heterocycles. The van der Waals surface area contributed by atoms with Crippen LogP contribution in [0.25, 0.3) is 10.9 Å². The molecule has 1 N–H and O–H groups in total. The van der Waals surface area contributed by atoms with E-state index in [1.165, 1.54) is 25.4 Å². The van der Waals surface area contributed by atoms with Crippen molar-refractivity contribution in [3.63, 3.8) is 0 Å². The summed E-state index contributed by atoms with van der Waals surface area (Å²) in [6.07, 6.45) is 1.32. The third-order valence-corrected chi connectivity index (χ3v) is 4.86. The Hall–Kier alpha value is -1.71. The Labute approximate surface area is 165 Å². The fraction of sp³-hybridized carbons (Fsp3) is 0.0625. The number of fused-ring (bicyclic) bond motifs is 1. The summed E-state index contributed by atoms with van der Waals surface area (Å²) in [4.78, 5) is 19.5. The molecule has 3 rings (SSSR count). The van der Waals surface area contributed by atoms with Crippen LogP contribution in [0.1, 0.15) is 6.92 Å². The van der Waals surface area contributed by atoms with Crippen molar-refractivity contribution in [1.29, 1.82) is 0 Å². The second kappa shape index (κ2) is 7.27.